The SMILES string of the molecule is C=C(/C=C/C=C(/CO)[C@H]1CC[C@@]2([C@@H]3CC[C@@H](O)Cc4cccc(c4)C[C@@H]4[C@@H](c5ccc(O)cc5)CNC(N)=NC#CC[C@]4(O)CN[C@H]4C(=O)N[C@@H](N)c5cccc(c54)CC(=O)/C(C)=C/3CC[C@@]2(C)O)[C@@H]1O)[C@](O)(CC=C(C)C)NCC. The highest BCUT2D eigenvalue weighted by Crippen LogP contribution is 2.63. The van der Waals surface area contributed by atoms with Crippen molar-refractivity contribution in [3.63, 3.8) is 0 Å². The van der Waals surface area contributed by atoms with Gasteiger partial charge in [0, 0.05) is 61.6 Å². The van der Waals surface area contributed by atoms with Gasteiger partial charge in [-0.2, -0.15) is 4.99 Å². The molecule has 1 amide bonds. The Bertz CT molecular complexity index is 3040. The van der Waals surface area contributed by atoms with E-state index in [4.69, 9.17) is 11.5 Å². The van der Waals surface area contributed by atoms with E-state index in [0.717, 1.165) is 27.8 Å². The maximum atomic E-state index is 15.2. The van der Waals surface area contributed by atoms with Gasteiger partial charge in [0.15, 0.2) is 5.78 Å². The number of aliphatic imine (C=N–C) groups is 1. The summed E-state index contributed by atoms with van der Waals surface area (Å²) in [6, 6.07) is 21.8. The number of carbonyl (C=O) groups is 2. The number of phenols is 1. The standard InChI is InChI=1S/C65H85N7O9/c1-7-71-65(81,30-24-39(2)3)40(4)12-8-16-46(37-73)50-26-29-64(58(50)77)53-23-22-48(75)33-42-13-9-14-43(32-42)34-54-52(44-18-20-47(74)21-19-44)36-69-61(67)68-31-11-27-63(54,80)38-70-57-56-45(15-10-17-51(56)59(66)72-60(57)78)35-55(76)41(5)49(53)25-28-62(64,6)79/h8-10,12-21,24,32,48,50,52-54,57-59,70-71,73-75,77,79-81H,4,7,22-23,25-30,33-38,66H2,1-3,5-6H3,(H,72,78)(H3,67,68,69)/b12-8+,46-16-,49-41+/t48-,50-,52-,53-,54-,57-,58-,59-,62-,63+,64-,65-/m1/s1. The van der Waals surface area contributed by atoms with Crippen LogP contribution in [0.25, 0.3) is 0 Å². The maximum Gasteiger partial charge on any atom is 0.243 e. The van der Waals surface area contributed by atoms with Crippen molar-refractivity contribution in [2.45, 2.75) is 153 Å². The highest BCUT2D eigenvalue weighted by molar-refractivity contribution is 5.98. The minimum Gasteiger partial charge on any atom is -0.508 e. The zero-order valence-corrected chi connectivity index (χ0v) is 47.6. The van der Waals surface area contributed by atoms with Crippen LogP contribution in [0.4, 0.5) is 0 Å². The van der Waals surface area contributed by atoms with Gasteiger partial charge in [-0.3, -0.25) is 20.2 Å². The van der Waals surface area contributed by atoms with Gasteiger partial charge in [-0.1, -0.05) is 109 Å². The summed E-state index contributed by atoms with van der Waals surface area (Å²) in [5.74, 6) is 0.317. The number of guanidine groups is 1. The number of aliphatic hydroxyl groups excluding tert-OH is 3. The molecule has 3 aromatic carbocycles. The molecule has 81 heavy (non-hydrogen) atoms. The van der Waals surface area contributed by atoms with Gasteiger partial charge < -0.3 is 57.8 Å². The van der Waals surface area contributed by atoms with E-state index < -0.39 is 76.3 Å². The number of nitrogens with one attached hydrogen (secondary N) is 4. The van der Waals surface area contributed by atoms with E-state index in [1.165, 1.54) is 0 Å². The van der Waals surface area contributed by atoms with Crippen LogP contribution in [-0.2, 0) is 28.9 Å². The quantitative estimate of drug-likeness (QED) is 0.0518. The zero-order valence-electron chi connectivity index (χ0n) is 47.6. The van der Waals surface area contributed by atoms with Crippen LogP contribution in [0.5, 0.6) is 5.75 Å². The Morgan fingerprint density at radius 3 is 2.46 bits per heavy atom. The zero-order chi connectivity index (χ0) is 58.4. The van der Waals surface area contributed by atoms with E-state index in [9.17, 15) is 40.5 Å². The lowest BCUT2D eigenvalue weighted by molar-refractivity contribution is -0.168. The summed E-state index contributed by atoms with van der Waals surface area (Å²) in [5.41, 5.74) is 14.7. The number of carbonyl (C=O) groups excluding carboxylic acids is 2. The molecule has 2 bridgehead atoms. The van der Waals surface area contributed by atoms with Gasteiger partial charge in [0.25, 0.3) is 0 Å². The average Bonchev–Trinajstić information content (AvgIpc) is 4.00. The first-order chi connectivity index (χ1) is 38.5. The fourth-order valence-electron chi connectivity index (χ4n) is 13.9. The second-order valence-corrected chi connectivity index (χ2v) is 23.8. The number of ketones is 1. The number of Topliss-reactive ketones (excluding diaryl/α,β-unsaturated/α-hetero) is 1. The van der Waals surface area contributed by atoms with E-state index in [0.29, 0.717) is 78.5 Å². The first-order valence-corrected chi connectivity index (χ1v) is 28.7. The molecule has 16 nitrogen and oxygen atoms in total. The highest BCUT2D eigenvalue weighted by atomic mass is 16.3. The molecule has 12 atom stereocenters. The molecule has 8 rings (SSSR count). The molecule has 0 unspecified atom stereocenters. The second kappa shape index (κ2) is 25.5. The normalized spacial score (nSPS) is 32.1. The number of nitrogens with zero attached hydrogens (tertiary/aromatic N) is 1. The number of aliphatic hydroxyl groups is 6. The Morgan fingerprint density at radius 2 is 1.74 bits per heavy atom. The molecule has 3 heterocycles. The number of hydrogen-bond acceptors (Lipinski definition) is 15. The summed E-state index contributed by atoms with van der Waals surface area (Å²) >= 11 is 0. The lowest BCUT2D eigenvalue weighted by atomic mass is 9.52. The molecule has 5 aliphatic rings. The summed E-state index contributed by atoms with van der Waals surface area (Å²) in [7, 11) is 0. The van der Waals surface area contributed by atoms with Crippen molar-refractivity contribution in [2.75, 3.05) is 26.2 Å². The summed E-state index contributed by atoms with van der Waals surface area (Å²) in [5, 5.41) is 96.9. The number of allylic oxidation sites excluding steroid dienone is 5. The number of β-amino-alcohol motifs (C(OH)–C–C–N with tert-alkyl or cyclic N) is 1. The van der Waals surface area contributed by atoms with Crippen LogP contribution in [0.1, 0.15) is 137 Å². The Kier molecular flexibility index (Phi) is 19.2. The minimum absolute atomic E-state index is 0.0722. The largest absolute Gasteiger partial charge is 0.508 e. The molecule has 0 aromatic heterocycles. The van der Waals surface area contributed by atoms with Gasteiger partial charge in [-0.15, -0.1) is 0 Å². The maximum absolute atomic E-state index is 15.2. The van der Waals surface area contributed by atoms with Gasteiger partial charge >= 0.3 is 0 Å². The van der Waals surface area contributed by atoms with Crippen molar-refractivity contribution < 1.29 is 45.3 Å². The molecular formula is C65H85N7O9. The third kappa shape index (κ3) is 13.0. The van der Waals surface area contributed by atoms with Crippen LogP contribution >= 0.6 is 0 Å². The van der Waals surface area contributed by atoms with Gasteiger partial charge in [-0.25, -0.2) is 0 Å². The van der Waals surface area contributed by atoms with Crippen LogP contribution in [0.2, 0.25) is 0 Å². The lowest BCUT2D eigenvalue weighted by Crippen LogP contribution is -2.59. The Morgan fingerprint density at radius 1 is 1.01 bits per heavy atom. The third-order valence-corrected chi connectivity index (χ3v) is 18.4. The molecule has 1 spiro atoms. The number of hydrogen-bond donors (Lipinski definition) is 13. The van der Waals surface area contributed by atoms with Crippen molar-refractivity contribution in [3.05, 3.63) is 159 Å². The molecular weight excluding hydrogens is 1020 g/mol. The Labute approximate surface area is 477 Å². The fourth-order valence-corrected chi connectivity index (χ4v) is 13.9. The highest BCUT2D eigenvalue weighted by Gasteiger charge is 2.64. The van der Waals surface area contributed by atoms with Gasteiger partial charge in [0.05, 0.1) is 30.0 Å². The summed E-state index contributed by atoms with van der Waals surface area (Å²) < 4.78 is 0. The first kappa shape index (κ1) is 60.9. The molecule has 2 saturated carbocycles. The number of amides is 1. The predicted molar refractivity (Wildman–Crippen MR) is 315 cm³/mol. The number of rotatable bonds is 10. The van der Waals surface area contributed by atoms with Crippen LogP contribution in [-0.4, -0.2) is 109 Å². The third-order valence-electron chi connectivity index (χ3n) is 18.4. The number of phenolic OH excluding ortho intramolecular Hbond substituents is 1. The van der Waals surface area contributed by atoms with E-state index in [2.05, 4.69) is 44.8 Å². The summed E-state index contributed by atoms with van der Waals surface area (Å²) in [4.78, 5) is 33.8. The van der Waals surface area contributed by atoms with Gasteiger partial charge in [0.2, 0.25) is 11.9 Å². The molecule has 3 aromatic rings. The fraction of sp³-hybridized carbons (Fsp3) is 0.492. The molecule has 2 fully saturated rings. The van der Waals surface area contributed by atoms with Crippen LogP contribution < -0.4 is 32.7 Å². The summed E-state index contributed by atoms with van der Waals surface area (Å²) in [6.45, 7) is 13.8. The van der Waals surface area contributed by atoms with E-state index in [-0.39, 0.29) is 69.3 Å². The monoisotopic (exact) mass is 1110 g/mol. The molecule has 3 aliphatic heterocycles. The number of aromatic hydroxyl groups is 1. The number of fused-ring (bicyclic) bond motifs is 5. The van der Waals surface area contributed by atoms with Crippen LogP contribution in [0.15, 0.2) is 130 Å². The summed E-state index contributed by atoms with van der Waals surface area (Å²) in [6.07, 6.45) is 6.80. The van der Waals surface area contributed by atoms with E-state index in [1.807, 2.05) is 81.4 Å². The van der Waals surface area contributed by atoms with Crippen molar-refractivity contribution in [1.29, 1.82) is 0 Å². The molecule has 15 N–H and O–H groups in total. The molecule has 0 saturated heterocycles. The average molecular weight is 1110 g/mol. The second-order valence-electron chi connectivity index (χ2n) is 23.8. The predicted octanol–water partition coefficient (Wildman–Crippen LogP) is 5.48. The molecule has 16 heteroatoms. The number of likely N-dealkylation sites (N-methyl/N-ethyl adjacent to an activating group) is 1. The van der Waals surface area contributed by atoms with Crippen LogP contribution in [0.3, 0.4) is 0 Å². The first-order valence-electron chi connectivity index (χ1n) is 28.7. The molecule has 434 valence electrons. The number of nitrogens with two attached hydrogens (primary N) is 2. The van der Waals surface area contributed by atoms with E-state index >= 15 is 4.79 Å². The minimum atomic E-state index is -1.65. The number of benzene rings is 3. The van der Waals surface area contributed by atoms with Crippen molar-refractivity contribution >= 4 is 17.6 Å². The van der Waals surface area contributed by atoms with Gasteiger partial charge in [-0.05, 0) is 154 Å². The Balaban J connectivity index is 1.22. The molecule has 2 aliphatic carbocycles. The van der Waals surface area contributed by atoms with Crippen LogP contribution in [0, 0.1) is 35.1 Å². The van der Waals surface area contributed by atoms with E-state index in [1.54, 1.807) is 44.2 Å². The molecule has 0 radical (unpaired) electrons. The smallest absolute Gasteiger partial charge is 0.243 e. The van der Waals surface area contributed by atoms with Crippen molar-refractivity contribution in [3.8, 4) is 17.7 Å². The van der Waals surface area contributed by atoms with Gasteiger partial charge in [0.1, 0.15) is 23.7 Å². The topological polar surface area (TPSA) is 288 Å². The van der Waals surface area contributed by atoms with Crippen molar-refractivity contribution in [1.82, 2.24) is 21.3 Å². The lowest BCUT2D eigenvalue weighted by Gasteiger charge is -2.56. The van der Waals surface area contributed by atoms with Crippen molar-refractivity contribution in [2.24, 2.45) is 39.6 Å². The Hall–Kier alpha value is -6.23.